The Hall–Kier alpha value is -0.833. The summed E-state index contributed by atoms with van der Waals surface area (Å²) in [7, 11) is -1.54. The van der Waals surface area contributed by atoms with Gasteiger partial charge in [0.1, 0.15) is 0 Å². The molecule has 1 unspecified atom stereocenters. The summed E-state index contributed by atoms with van der Waals surface area (Å²) < 4.78 is 5.62. The maximum absolute atomic E-state index is 12.2. The number of hydrogen-bond donors (Lipinski definition) is 0. The van der Waals surface area contributed by atoms with Crippen LogP contribution in [0.2, 0.25) is 6.55 Å². The fraction of sp³-hybridized carbons (Fsp3) is 0.667. The van der Waals surface area contributed by atoms with Gasteiger partial charge < -0.3 is 4.43 Å². The first kappa shape index (κ1) is 17.2. The van der Waals surface area contributed by atoms with Gasteiger partial charge in [0.15, 0.2) is 0 Å². The van der Waals surface area contributed by atoms with Gasteiger partial charge in [0.05, 0.1) is 0 Å². The molecule has 0 rings (SSSR count). The quantitative estimate of drug-likeness (QED) is 0.556. The van der Waals surface area contributed by atoms with E-state index in [0.717, 1.165) is 5.57 Å². The highest BCUT2D eigenvalue weighted by Gasteiger charge is 2.20. The number of rotatable bonds is 5. The third-order valence-electron chi connectivity index (χ3n) is 3.36. The van der Waals surface area contributed by atoms with E-state index in [1.54, 1.807) is 0 Å². The zero-order chi connectivity index (χ0) is 14.5. The Morgan fingerprint density at radius 1 is 1.11 bits per heavy atom. The van der Waals surface area contributed by atoms with Crippen molar-refractivity contribution in [3.8, 4) is 0 Å². The van der Waals surface area contributed by atoms with Gasteiger partial charge in [-0.15, -0.1) is 0 Å². The highest BCUT2D eigenvalue weighted by Crippen LogP contribution is 2.24. The van der Waals surface area contributed by atoms with Crippen LogP contribution >= 0.6 is 0 Å². The van der Waals surface area contributed by atoms with Gasteiger partial charge in [-0.25, -0.2) is 4.79 Å². The molecule has 0 aliphatic carbocycles. The van der Waals surface area contributed by atoms with E-state index in [0.29, 0.717) is 11.8 Å². The van der Waals surface area contributed by atoms with E-state index in [4.69, 9.17) is 4.43 Å². The summed E-state index contributed by atoms with van der Waals surface area (Å²) in [5.74, 6) is 0.641. The van der Waals surface area contributed by atoms with Crippen LogP contribution in [0, 0.1) is 11.8 Å². The summed E-state index contributed by atoms with van der Waals surface area (Å²) in [5.41, 5.74) is 2.00. The van der Waals surface area contributed by atoms with Crippen LogP contribution in [-0.2, 0) is 9.22 Å². The standard InChI is InChI=1S/C15H28O2Si/c1-9-12(6)18(8)17-15(16)13(7)14(10(2)3)11(4)5/h9-11,18H,1-8H3. The Morgan fingerprint density at radius 2 is 1.56 bits per heavy atom. The van der Waals surface area contributed by atoms with Gasteiger partial charge in [0, 0.05) is 5.57 Å². The number of allylic oxidation sites excluding steroid dienone is 3. The number of carbonyl (C=O) groups is 1. The SMILES string of the molecule is CC=C(C)[SiH](C)OC(=O)C(C)=C(C(C)C)C(C)C. The lowest BCUT2D eigenvalue weighted by molar-refractivity contribution is -0.130. The highest BCUT2D eigenvalue weighted by molar-refractivity contribution is 6.60. The Bertz CT molecular complexity index is 342. The van der Waals surface area contributed by atoms with E-state index in [1.807, 2.05) is 33.4 Å². The summed E-state index contributed by atoms with van der Waals surface area (Å²) in [5, 5.41) is 1.21. The van der Waals surface area contributed by atoms with Crippen molar-refractivity contribution in [1.29, 1.82) is 0 Å². The molecule has 0 heterocycles. The molecule has 0 fully saturated rings. The van der Waals surface area contributed by atoms with Crippen molar-refractivity contribution in [1.82, 2.24) is 0 Å². The van der Waals surface area contributed by atoms with E-state index in [2.05, 4.69) is 27.7 Å². The van der Waals surface area contributed by atoms with E-state index in [9.17, 15) is 4.79 Å². The predicted octanol–water partition coefficient (Wildman–Crippen LogP) is 4.02. The van der Waals surface area contributed by atoms with Crippen LogP contribution in [0.25, 0.3) is 0 Å². The van der Waals surface area contributed by atoms with Gasteiger partial charge in [-0.2, -0.15) is 0 Å². The topological polar surface area (TPSA) is 26.3 Å². The number of hydrogen-bond acceptors (Lipinski definition) is 2. The van der Waals surface area contributed by atoms with E-state index >= 15 is 0 Å². The smallest absolute Gasteiger partial charge is 0.320 e. The second kappa shape index (κ2) is 7.57. The molecule has 0 saturated heterocycles. The van der Waals surface area contributed by atoms with Crippen molar-refractivity contribution >= 4 is 15.0 Å². The average Bonchev–Trinajstić information content (AvgIpc) is 2.26. The second-order valence-corrected chi connectivity index (χ2v) is 7.90. The lowest BCUT2D eigenvalue weighted by Gasteiger charge is -2.20. The molecule has 0 aromatic rings. The fourth-order valence-corrected chi connectivity index (χ4v) is 3.38. The first-order valence-electron chi connectivity index (χ1n) is 6.76. The lowest BCUT2D eigenvalue weighted by Crippen LogP contribution is -2.23. The molecule has 0 aliphatic rings. The zero-order valence-electron chi connectivity index (χ0n) is 13.1. The summed E-state index contributed by atoms with van der Waals surface area (Å²) in [6, 6.07) is 0. The van der Waals surface area contributed by atoms with Crippen molar-refractivity contribution in [3.63, 3.8) is 0 Å². The van der Waals surface area contributed by atoms with E-state index in [-0.39, 0.29) is 5.97 Å². The lowest BCUT2D eigenvalue weighted by atomic mass is 9.88. The first-order valence-corrected chi connectivity index (χ1v) is 8.97. The Kier molecular flexibility index (Phi) is 7.22. The van der Waals surface area contributed by atoms with Crippen molar-refractivity contribution in [2.24, 2.45) is 11.8 Å². The van der Waals surface area contributed by atoms with Crippen LogP contribution in [-0.4, -0.2) is 15.0 Å². The van der Waals surface area contributed by atoms with Gasteiger partial charge >= 0.3 is 5.97 Å². The molecule has 0 aliphatic heterocycles. The highest BCUT2D eigenvalue weighted by atomic mass is 28.3. The number of carbonyl (C=O) groups excluding carboxylic acids is 1. The van der Waals surface area contributed by atoms with E-state index < -0.39 is 9.04 Å². The largest absolute Gasteiger partial charge is 0.515 e. The summed E-state index contributed by atoms with van der Waals surface area (Å²) in [6.07, 6.45) is 2.04. The molecule has 104 valence electrons. The Balaban J connectivity index is 5.03. The van der Waals surface area contributed by atoms with Crippen molar-refractivity contribution in [2.75, 3.05) is 0 Å². The monoisotopic (exact) mass is 268 g/mol. The van der Waals surface area contributed by atoms with Crippen molar-refractivity contribution < 1.29 is 9.22 Å². The molecule has 0 aromatic carbocycles. The fourth-order valence-electron chi connectivity index (χ4n) is 2.23. The van der Waals surface area contributed by atoms with Crippen molar-refractivity contribution in [2.45, 2.75) is 55.0 Å². The normalized spacial score (nSPS) is 13.8. The molecule has 0 N–H and O–H groups in total. The summed E-state index contributed by atoms with van der Waals surface area (Å²) in [4.78, 5) is 12.2. The van der Waals surface area contributed by atoms with E-state index in [1.165, 1.54) is 10.8 Å². The molecule has 0 spiro atoms. The van der Waals surface area contributed by atoms with Crippen LogP contribution in [0.3, 0.4) is 0 Å². The average molecular weight is 268 g/mol. The van der Waals surface area contributed by atoms with Crippen LogP contribution in [0.4, 0.5) is 0 Å². The molecule has 0 bridgehead atoms. The molecule has 0 saturated carbocycles. The second-order valence-electron chi connectivity index (χ2n) is 5.47. The van der Waals surface area contributed by atoms with Crippen LogP contribution in [0.15, 0.2) is 22.4 Å². The molecule has 2 nitrogen and oxygen atoms in total. The van der Waals surface area contributed by atoms with Gasteiger partial charge in [0.2, 0.25) is 0 Å². The molecule has 18 heavy (non-hydrogen) atoms. The minimum Gasteiger partial charge on any atom is -0.515 e. The summed E-state index contributed by atoms with van der Waals surface area (Å²) >= 11 is 0. The minimum atomic E-state index is -1.54. The van der Waals surface area contributed by atoms with Gasteiger partial charge in [0.25, 0.3) is 9.04 Å². The zero-order valence-corrected chi connectivity index (χ0v) is 14.3. The minimum absolute atomic E-state index is 0.132. The van der Waals surface area contributed by atoms with Crippen LogP contribution < -0.4 is 0 Å². The van der Waals surface area contributed by atoms with Crippen LogP contribution in [0.5, 0.6) is 0 Å². The van der Waals surface area contributed by atoms with Gasteiger partial charge in [-0.3, -0.25) is 0 Å². The van der Waals surface area contributed by atoms with Crippen molar-refractivity contribution in [3.05, 3.63) is 22.4 Å². The Labute approximate surface area is 114 Å². The first-order chi connectivity index (χ1) is 8.22. The summed E-state index contributed by atoms with van der Waals surface area (Å²) in [6.45, 7) is 16.5. The predicted molar refractivity (Wildman–Crippen MR) is 80.9 cm³/mol. The molecule has 0 aromatic heterocycles. The Morgan fingerprint density at radius 3 is 1.89 bits per heavy atom. The van der Waals surface area contributed by atoms with Crippen LogP contribution in [0.1, 0.15) is 48.5 Å². The molecule has 1 atom stereocenters. The molecule has 0 radical (unpaired) electrons. The molecule has 0 amide bonds. The molecular weight excluding hydrogens is 240 g/mol. The maximum atomic E-state index is 12.2. The van der Waals surface area contributed by atoms with Gasteiger partial charge in [-0.1, -0.05) is 44.5 Å². The molecular formula is C15H28O2Si. The van der Waals surface area contributed by atoms with Gasteiger partial charge in [-0.05, 0) is 39.2 Å². The third-order valence-corrected chi connectivity index (χ3v) is 5.55. The molecule has 3 heteroatoms. The maximum Gasteiger partial charge on any atom is 0.320 e. The third kappa shape index (κ3) is 4.81.